The highest BCUT2D eigenvalue weighted by atomic mass is 32.2. The van der Waals surface area contributed by atoms with Crippen LogP contribution in [0.5, 0.6) is 0 Å². The lowest BCUT2D eigenvalue weighted by molar-refractivity contribution is -0.141. The Labute approximate surface area is 166 Å². The molecule has 1 N–H and O–H groups in total. The van der Waals surface area contributed by atoms with Crippen molar-refractivity contribution in [1.82, 2.24) is 5.01 Å². The molecule has 3 rings (SSSR count). The summed E-state index contributed by atoms with van der Waals surface area (Å²) in [5.41, 5.74) is 2.22. The van der Waals surface area contributed by atoms with Crippen molar-refractivity contribution in [3.8, 4) is 0 Å². The summed E-state index contributed by atoms with van der Waals surface area (Å²) in [6.45, 7) is 5.60. The topological polar surface area (TPSA) is 78.8 Å². The highest BCUT2D eigenvalue weighted by Gasteiger charge is 2.38. The Balaban J connectivity index is 2.05. The standard InChI is InChI=1S/C21H25N3O3S/c1-21(2,3)20(25)24-19(15-10-6-5-7-11-15)14-18(22-24)16-12-8-9-13-17(16)23-28(4,26)27/h5-13,19,23H,14H2,1-4H3/t19-/m1/s1. The largest absolute Gasteiger partial charge is 0.283 e. The fraction of sp³-hybridized carbons (Fsp3) is 0.333. The van der Waals surface area contributed by atoms with Crippen molar-refractivity contribution < 1.29 is 13.2 Å². The molecule has 0 fully saturated rings. The molecule has 6 nitrogen and oxygen atoms in total. The SMILES string of the molecule is CC(C)(C)C(=O)N1N=C(c2ccccc2NS(C)(=O)=O)C[C@@H]1c1ccccc1. The molecule has 2 aromatic rings. The molecule has 0 aliphatic carbocycles. The average molecular weight is 400 g/mol. The van der Waals surface area contributed by atoms with Gasteiger partial charge in [-0.15, -0.1) is 0 Å². The monoisotopic (exact) mass is 399 g/mol. The zero-order valence-corrected chi connectivity index (χ0v) is 17.3. The third kappa shape index (κ3) is 4.42. The van der Waals surface area contributed by atoms with Crippen LogP contribution in [-0.4, -0.2) is 31.3 Å². The molecule has 1 atom stereocenters. The molecule has 0 spiro atoms. The number of benzene rings is 2. The number of rotatable bonds is 4. The van der Waals surface area contributed by atoms with E-state index in [9.17, 15) is 13.2 Å². The summed E-state index contributed by atoms with van der Waals surface area (Å²) < 4.78 is 26.0. The maximum atomic E-state index is 13.0. The van der Waals surface area contributed by atoms with E-state index in [-0.39, 0.29) is 11.9 Å². The molecule has 2 aromatic carbocycles. The van der Waals surface area contributed by atoms with E-state index in [4.69, 9.17) is 0 Å². The first kappa shape index (κ1) is 20.1. The number of hydrogen-bond acceptors (Lipinski definition) is 4. The van der Waals surface area contributed by atoms with Crippen molar-refractivity contribution in [3.05, 3.63) is 65.7 Å². The van der Waals surface area contributed by atoms with Crippen LogP contribution >= 0.6 is 0 Å². The van der Waals surface area contributed by atoms with Crippen molar-refractivity contribution in [2.75, 3.05) is 11.0 Å². The number of hydrazone groups is 1. The molecule has 1 heterocycles. The number of amides is 1. The molecule has 0 radical (unpaired) electrons. The molecule has 0 saturated heterocycles. The Kier molecular flexibility index (Phi) is 5.30. The zero-order chi connectivity index (χ0) is 20.5. The minimum absolute atomic E-state index is 0.0788. The van der Waals surface area contributed by atoms with E-state index in [1.54, 1.807) is 17.1 Å². The van der Waals surface area contributed by atoms with Gasteiger partial charge >= 0.3 is 0 Å². The zero-order valence-electron chi connectivity index (χ0n) is 16.5. The van der Waals surface area contributed by atoms with Crippen molar-refractivity contribution in [2.45, 2.75) is 33.2 Å². The molecule has 28 heavy (non-hydrogen) atoms. The molecule has 1 aliphatic rings. The number of carbonyl (C=O) groups is 1. The van der Waals surface area contributed by atoms with Crippen LogP contribution in [0.25, 0.3) is 0 Å². The number of nitrogens with one attached hydrogen (secondary N) is 1. The summed E-state index contributed by atoms with van der Waals surface area (Å²) in [4.78, 5) is 13.0. The number of hydrogen-bond donors (Lipinski definition) is 1. The summed E-state index contributed by atoms with van der Waals surface area (Å²) in [6.07, 6.45) is 1.62. The van der Waals surface area contributed by atoms with Gasteiger partial charge in [0.1, 0.15) is 0 Å². The van der Waals surface area contributed by atoms with Gasteiger partial charge in [-0.3, -0.25) is 9.52 Å². The second-order valence-corrected chi connectivity index (χ2v) is 9.75. The van der Waals surface area contributed by atoms with Crippen molar-refractivity contribution in [3.63, 3.8) is 0 Å². The van der Waals surface area contributed by atoms with Crippen molar-refractivity contribution >= 4 is 27.3 Å². The predicted molar refractivity (Wildman–Crippen MR) is 112 cm³/mol. The quantitative estimate of drug-likeness (QED) is 0.850. The van der Waals surface area contributed by atoms with Crippen LogP contribution in [0.4, 0.5) is 5.69 Å². The fourth-order valence-electron chi connectivity index (χ4n) is 3.16. The maximum Gasteiger partial charge on any atom is 0.248 e. The van der Waals surface area contributed by atoms with Crippen molar-refractivity contribution in [1.29, 1.82) is 0 Å². The highest BCUT2D eigenvalue weighted by Crippen LogP contribution is 2.37. The van der Waals surface area contributed by atoms with E-state index >= 15 is 0 Å². The number of carbonyl (C=O) groups excluding carboxylic acids is 1. The van der Waals surface area contributed by atoms with Crippen LogP contribution in [0.1, 0.15) is 44.4 Å². The van der Waals surface area contributed by atoms with Gasteiger partial charge in [-0.2, -0.15) is 5.10 Å². The second kappa shape index (κ2) is 7.39. The predicted octanol–water partition coefficient (Wildman–Crippen LogP) is 3.78. The molecule has 1 aliphatic heterocycles. The first-order valence-electron chi connectivity index (χ1n) is 9.09. The number of anilines is 1. The van der Waals surface area contributed by atoms with E-state index in [1.165, 1.54) is 0 Å². The third-order valence-corrected chi connectivity index (χ3v) is 5.07. The van der Waals surface area contributed by atoms with Gasteiger partial charge in [0.25, 0.3) is 0 Å². The number of nitrogens with zero attached hydrogens (tertiary/aromatic N) is 2. The summed E-state index contributed by atoms with van der Waals surface area (Å²) in [5.74, 6) is -0.0788. The number of para-hydroxylation sites is 1. The van der Waals surface area contributed by atoms with E-state index in [1.807, 2.05) is 63.2 Å². The summed E-state index contributed by atoms with van der Waals surface area (Å²) in [6, 6.07) is 16.6. The van der Waals surface area contributed by atoms with Crippen LogP contribution < -0.4 is 4.72 Å². The van der Waals surface area contributed by atoms with Gasteiger partial charge < -0.3 is 0 Å². The van der Waals surface area contributed by atoms with Gasteiger partial charge in [0.05, 0.1) is 23.7 Å². The lowest BCUT2D eigenvalue weighted by Gasteiger charge is -2.28. The van der Waals surface area contributed by atoms with Crippen LogP contribution in [0.3, 0.4) is 0 Å². The Morgan fingerprint density at radius 1 is 1.07 bits per heavy atom. The Morgan fingerprint density at radius 2 is 1.68 bits per heavy atom. The molecule has 148 valence electrons. The van der Waals surface area contributed by atoms with Gasteiger partial charge in [-0.25, -0.2) is 13.4 Å². The van der Waals surface area contributed by atoms with E-state index < -0.39 is 15.4 Å². The molecule has 0 bridgehead atoms. The Morgan fingerprint density at radius 3 is 2.29 bits per heavy atom. The molecular weight excluding hydrogens is 374 g/mol. The molecule has 7 heteroatoms. The Hall–Kier alpha value is -2.67. The summed E-state index contributed by atoms with van der Waals surface area (Å²) in [7, 11) is -3.43. The third-order valence-electron chi connectivity index (χ3n) is 4.48. The minimum atomic E-state index is -3.43. The van der Waals surface area contributed by atoms with Crippen LogP contribution in [0, 0.1) is 5.41 Å². The molecule has 0 aromatic heterocycles. The van der Waals surface area contributed by atoms with Gasteiger partial charge in [0, 0.05) is 17.4 Å². The second-order valence-electron chi connectivity index (χ2n) is 8.00. The lowest BCUT2D eigenvalue weighted by atomic mass is 9.93. The summed E-state index contributed by atoms with van der Waals surface area (Å²) >= 11 is 0. The highest BCUT2D eigenvalue weighted by molar-refractivity contribution is 7.92. The van der Waals surface area contributed by atoms with E-state index in [0.717, 1.165) is 11.8 Å². The van der Waals surface area contributed by atoms with Crippen LogP contribution in [-0.2, 0) is 14.8 Å². The van der Waals surface area contributed by atoms with E-state index in [2.05, 4.69) is 9.82 Å². The normalized spacial score (nSPS) is 17.4. The maximum absolute atomic E-state index is 13.0. The van der Waals surface area contributed by atoms with Gasteiger partial charge in [-0.1, -0.05) is 69.3 Å². The average Bonchev–Trinajstić information content (AvgIpc) is 3.05. The van der Waals surface area contributed by atoms with Crippen LogP contribution in [0.15, 0.2) is 59.7 Å². The van der Waals surface area contributed by atoms with Gasteiger partial charge in [0.2, 0.25) is 15.9 Å². The summed E-state index contributed by atoms with van der Waals surface area (Å²) in [5, 5.41) is 6.18. The number of sulfonamides is 1. The van der Waals surface area contributed by atoms with Gasteiger partial charge in [-0.05, 0) is 11.6 Å². The smallest absolute Gasteiger partial charge is 0.248 e. The van der Waals surface area contributed by atoms with Crippen LogP contribution in [0.2, 0.25) is 0 Å². The van der Waals surface area contributed by atoms with E-state index in [0.29, 0.717) is 23.4 Å². The first-order chi connectivity index (χ1) is 13.1. The lowest BCUT2D eigenvalue weighted by Crippen LogP contribution is -2.36. The minimum Gasteiger partial charge on any atom is -0.283 e. The fourth-order valence-corrected chi connectivity index (χ4v) is 3.74. The molecule has 0 unspecified atom stereocenters. The first-order valence-corrected chi connectivity index (χ1v) is 11.0. The van der Waals surface area contributed by atoms with Gasteiger partial charge in [0.15, 0.2) is 0 Å². The molecular formula is C21H25N3O3S. The molecule has 1 amide bonds. The molecule has 0 saturated carbocycles. The Bertz CT molecular complexity index is 1010. The van der Waals surface area contributed by atoms with Crippen molar-refractivity contribution in [2.24, 2.45) is 10.5 Å².